The molecule has 0 aliphatic carbocycles. The van der Waals surface area contributed by atoms with Crippen LogP contribution in [0.5, 0.6) is 5.75 Å². The van der Waals surface area contributed by atoms with Gasteiger partial charge in [0.25, 0.3) is 17.7 Å². The molecule has 0 radical (unpaired) electrons. The summed E-state index contributed by atoms with van der Waals surface area (Å²) in [6.07, 6.45) is 3.48. The number of aryl methyl sites for hydroxylation is 3. The number of nitro groups is 1. The summed E-state index contributed by atoms with van der Waals surface area (Å²) in [5.41, 5.74) is 4.55. The van der Waals surface area contributed by atoms with E-state index in [9.17, 15) is 28.1 Å². The van der Waals surface area contributed by atoms with Gasteiger partial charge in [0, 0.05) is 78.8 Å². The number of halogens is 3. The van der Waals surface area contributed by atoms with Crippen LogP contribution in [0.1, 0.15) is 76.1 Å². The standard InChI is InChI=1S/C36H35F3N6O4.2C2H6/c1-21-13-29-33(41(2)36(21)46)16-26(49-3)17-34(29)43-10-4-5-22-14-27(28(35(38)39)18-32(22)43)23-19-40-44(20-23)24-8-11-42(12-9-24)31-7-6-25(45(47)48)15-30(31)37;2*1-2/h6-7,13-20,24,35H,4-5,8-12H2,1-3H3;2*1-2H3. The van der Waals surface area contributed by atoms with Crippen molar-refractivity contribution in [2.24, 2.45) is 7.05 Å². The first-order valence-electron chi connectivity index (χ1n) is 18.2. The molecule has 2 aliphatic rings. The zero-order valence-corrected chi connectivity index (χ0v) is 31.3. The third kappa shape index (κ3) is 7.60. The van der Waals surface area contributed by atoms with E-state index in [-0.39, 0.29) is 22.9 Å². The third-order valence-electron chi connectivity index (χ3n) is 9.84. The molecule has 53 heavy (non-hydrogen) atoms. The predicted octanol–water partition coefficient (Wildman–Crippen LogP) is 9.68. The zero-order valence-electron chi connectivity index (χ0n) is 31.3. The summed E-state index contributed by atoms with van der Waals surface area (Å²) in [6.45, 7) is 11.4. The van der Waals surface area contributed by atoms with E-state index in [1.165, 1.54) is 12.1 Å². The lowest BCUT2D eigenvalue weighted by atomic mass is 9.92. The van der Waals surface area contributed by atoms with Gasteiger partial charge in [-0.2, -0.15) is 5.10 Å². The topological polar surface area (TPSA) is 98.7 Å². The molecule has 0 saturated carbocycles. The van der Waals surface area contributed by atoms with E-state index in [4.69, 9.17) is 4.74 Å². The van der Waals surface area contributed by atoms with Crippen molar-refractivity contribution in [3.05, 3.63) is 104 Å². The summed E-state index contributed by atoms with van der Waals surface area (Å²) in [5.74, 6) is -0.0739. The number of pyridine rings is 1. The van der Waals surface area contributed by atoms with Crippen LogP contribution in [-0.2, 0) is 13.5 Å². The lowest BCUT2D eigenvalue weighted by Gasteiger charge is -2.34. The van der Waals surface area contributed by atoms with E-state index in [1.807, 2.05) is 61.8 Å². The van der Waals surface area contributed by atoms with Gasteiger partial charge in [-0.1, -0.05) is 27.7 Å². The van der Waals surface area contributed by atoms with Crippen LogP contribution < -0.4 is 20.1 Å². The molecule has 3 aromatic carbocycles. The molecule has 2 aromatic heterocycles. The smallest absolute Gasteiger partial charge is 0.272 e. The van der Waals surface area contributed by atoms with Crippen LogP contribution in [0.3, 0.4) is 0 Å². The molecule has 0 unspecified atom stereocenters. The number of hydrogen-bond acceptors (Lipinski definition) is 7. The molecule has 0 amide bonds. The Morgan fingerprint density at radius 1 is 0.962 bits per heavy atom. The molecule has 10 nitrogen and oxygen atoms in total. The number of nitro benzene ring substituents is 1. The van der Waals surface area contributed by atoms with Gasteiger partial charge in [0.1, 0.15) is 5.75 Å². The van der Waals surface area contributed by atoms with Crippen LogP contribution in [0.15, 0.2) is 65.7 Å². The van der Waals surface area contributed by atoms with E-state index in [0.717, 1.165) is 29.1 Å². The normalized spacial score (nSPS) is 14.3. The van der Waals surface area contributed by atoms with Gasteiger partial charge in [0.15, 0.2) is 5.82 Å². The van der Waals surface area contributed by atoms with Gasteiger partial charge in [-0.3, -0.25) is 19.6 Å². The van der Waals surface area contributed by atoms with Crippen molar-refractivity contribution in [1.82, 2.24) is 14.3 Å². The fourth-order valence-corrected chi connectivity index (χ4v) is 7.26. The molecule has 5 aromatic rings. The monoisotopic (exact) mass is 732 g/mol. The van der Waals surface area contributed by atoms with Crippen LogP contribution in [0.4, 0.5) is 35.9 Å². The van der Waals surface area contributed by atoms with E-state index >= 15 is 0 Å². The average molecular weight is 733 g/mol. The molecule has 7 rings (SSSR count). The van der Waals surface area contributed by atoms with Crippen molar-refractivity contribution in [3.63, 3.8) is 0 Å². The van der Waals surface area contributed by atoms with Crippen LogP contribution >= 0.6 is 0 Å². The third-order valence-corrected chi connectivity index (χ3v) is 9.84. The zero-order chi connectivity index (χ0) is 38.6. The maximum absolute atomic E-state index is 14.8. The van der Waals surface area contributed by atoms with Crippen LogP contribution in [-0.4, -0.2) is 46.0 Å². The lowest BCUT2D eigenvalue weighted by Crippen LogP contribution is -2.35. The predicted molar refractivity (Wildman–Crippen MR) is 205 cm³/mol. The first kappa shape index (κ1) is 38.9. The number of aromatic nitrogens is 3. The number of nitrogens with zero attached hydrogens (tertiary/aromatic N) is 6. The van der Waals surface area contributed by atoms with Crippen molar-refractivity contribution < 1.29 is 22.8 Å². The molecule has 13 heteroatoms. The molecule has 1 saturated heterocycles. The summed E-state index contributed by atoms with van der Waals surface area (Å²) < 4.78 is 53.3. The molecule has 0 spiro atoms. The summed E-state index contributed by atoms with van der Waals surface area (Å²) in [5, 5.41) is 16.4. The van der Waals surface area contributed by atoms with Crippen LogP contribution in [0.25, 0.3) is 22.0 Å². The quantitative estimate of drug-likeness (QED) is 0.121. The molecule has 4 heterocycles. The highest BCUT2D eigenvalue weighted by molar-refractivity contribution is 5.97. The second-order valence-corrected chi connectivity index (χ2v) is 12.7. The van der Waals surface area contributed by atoms with E-state index in [0.29, 0.717) is 78.2 Å². The number of ether oxygens (including phenoxy) is 1. The van der Waals surface area contributed by atoms with Gasteiger partial charge in [0.2, 0.25) is 0 Å². The second-order valence-electron chi connectivity index (χ2n) is 12.7. The van der Waals surface area contributed by atoms with Gasteiger partial charge < -0.3 is 19.1 Å². The number of benzene rings is 3. The number of alkyl halides is 2. The van der Waals surface area contributed by atoms with Crippen molar-refractivity contribution in [3.8, 4) is 16.9 Å². The number of methoxy groups -OCH3 is 1. The number of anilines is 3. The molecule has 0 N–H and O–H groups in total. The Morgan fingerprint density at radius 3 is 2.32 bits per heavy atom. The van der Waals surface area contributed by atoms with E-state index < -0.39 is 17.2 Å². The minimum atomic E-state index is -2.74. The second kappa shape index (κ2) is 16.6. The van der Waals surface area contributed by atoms with Crippen molar-refractivity contribution in [2.75, 3.05) is 36.5 Å². The molecule has 1 fully saturated rings. The van der Waals surface area contributed by atoms with Crippen LogP contribution in [0.2, 0.25) is 0 Å². The molecule has 2 aliphatic heterocycles. The fraction of sp³-hybridized carbons (Fsp3) is 0.400. The molecular weight excluding hydrogens is 685 g/mol. The summed E-state index contributed by atoms with van der Waals surface area (Å²) in [7, 11) is 3.28. The Morgan fingerprint density at radius 2 is 1.68 bits per heavy atom. The highest BCUT2D eigenvalue weighted by Crippen LogP contribution is 2.44. The fourth-order valence-electron chi connectivity index (χ4n) is 7.26. The molecule has 282 valence electrons. The highest BCUT2D eigenvalue weighted by atomic mass is 19.3. The number of rotatable bonds is 7. The maximum atomic E-state index is 14.8. The van der Waals surface area contributed by atoms with Crippen molar-refractivity contribution in [1.29, 1.82) is 0 Å². The highest BCUT2D eigenvalue weighted by Gasteiger charge is 2.28. The molecule has 0 atom stereocenters. The van der Waals surface area contributed by atoms with Crippen LogP contribution in [0, 0.1) is 22.9 Å². The van der Waals surface area contributed by atoms with Crippen molar-refractivity contribution in [2.45, 2.75) is 72.8 Å². The Balaban J connectivity index is 0.00000131. The first-order valence-corrected chi connectivity index (χ1v) is 18.2. The average Bonchev–Trinajstić information content (AvgIpc) is 3.68. The van der Waals surface area contributed by atoms with Gasteiger partial charge in [-0.05, 0) is 68.0 Å². The number of piperidine rings is 1. The Bertz CT molecular complexity index is 2160. The first-order chi connectivity index (χ1) is 25.5. The largest absolute Gasteiger partial charge is 0.497 e. The Labute approximate surface area is 307 Å². The van der Waals surface area contributed by atoms with Gasteiger partial charge in [-0.15, -0.1) is 0 Å². The van der Waals surface area contributed by atoms with Gasteiger partial charge >= 0.3 is 0 Å². The van der Waals surface area contributed by atoms with E-state index in [2.05, 4.69) is 5.10 Å². The number of fused-ring (bicyclic) bond motifs is 2. The minimum absolute atomic E-state index is 0.0185. The number of hydrogen-bond donors (Lipinski definition) is 0. The maximum Gasteiger partial charge on any atom is 0.272 e. The van der Waals surface area contributed by atoms with Crippen molar-refractivity contribution >= 4 is 33.7 Å². The Kier molecular flexibility index (Phi) is 12.2. The minimum Gasteiger partial charge on any atom is -0.497 e. The Hall–Kier alpha value is -5.33. The van der Waals surface area contributed by atoms with Gasteiger partial charge in [-0.25, -0.2) is 13.2 Å². The number of non-ortho nitro benzene ring substituents is 1. The van der Waals surface area contributed by atoms with Gasteiger partial charge in [0.05, 0.1) is 47.2 Å². The summed E-state index contributed by atoms with van der Waals surface area (Å²) in [4.78, 5) is 27.0. The SMILES string of the molecule is CC.CC.COc1cc(N2CCCc3cc(-c4cnn(C5CCN(c6ccc([N+](=O)[O-])cc6F)CC5)c4)c(C(F)F)cc32)c2cc(C)c(=O)n(C)c2c1. The molecular formula is C40H47F3N6O4. The lowest BCUT2D eigenvalue weighted by molar-refractivity contribution is -0.385. The summed E-state index contributed by atoms with van der Waals surface area (Å²) in [6, 6.07) is 12.6. The summed E-state index contributed by atoms with van der Waals surface area (Å²) >= 11 is 0. The van der Waals surface area contributed by atoms with E-state index in [1.54, 1.807) is 48.8 Å². The molecule has 0 bridgehead atoms.